The summed E-state index contributed by atoms with van der Waals surface area (Å²) in [6, 6.07) is 8.35. The number of anilines is 1. The molecule has 0 radical (unpaired) electrons. The number of aromatic nitrogens is 1. The SMILES string of the molecule is Cc1cccc(C)c1Oc1ccc(NC(=O)C(C)N(C(=O)O)C(C)(C)C)cn1. The third kappa shape index (κ3) is 5.00. The van der Waals surface area contributed by atoms with E-state index in [-0.39, 0.29) is 0 Å². The highest BCUT2D eigenvalue weighted by Gasteiger charge is 2.34. The Hall–Kier alpha value is -3.09. The molecule has 0 saturated heterocycles. The molecule has 1 atom stereocenters. The maximum absolute atomic E-state index is 12.5. The quantitative estimate of drug-likeness (QED) is 0.785. The van der Waals surface area contributed by atoms with Gasteiger partial charge in [-0.15, -0.1) is 0 Å². The van der Waals surface area contributed by atoms with Crippen molar-refractivity contribution in [1.29, 1.82) is 0 Å². The number of carboxylic acid groups (broad SMARTS) is 1. The second kappa shape index (κ2) is 8.29. The third-order valence-corrected chi connectivity index (χ3v) is 4.31. The van der Waals surface area contributed by atoms with Crippen molar-refractivity contribution in [2.75, 3.05) is 5.32 Å². The minimum atomic E-state index is -1.15. The number of amides is 2. The molecule has 0 spiro atoms. The number of rotatable bonds is 5. The lowest BCUT2D eigenvalue weighted by Gasteiger charge is -2.37. The molecule has 7 heteroatoms. The predicted molar refractivity (Wildman–Crippen MR) is 108 cm³/mol. The highest BCUT2D eigenvalue weighted by atomic mass is 16.5. The summed E-state index contributed by atoms with van der Waals surface area (Å²) >= 11 is 0. The molecule has 28 heavy (non-hydrogen) atoms. The van der Waals surface area contributed by atoms with Crippen molar-refractivity contribution in [2.24, 2.45) is 0 Å². The molecule has 2 amide bonds. The van der Waals surface area contributed by atoms with Crippen LogP contribution >= 0.6 is 0 Å². The summed E-state index contributed by atoms with van der Waals surface area (Å²) in [5.74, 6) is 0.732. The highest BCUT2D eigenvalue weighted by molar-refractivity contribution is 5.96. The third-order valence-electron chi connectivity index (χ3n) is 4.31. The molecule has 1 unspecified atom stereocenters. The summed E-state index contributed by atoms with van der Waals surface area (Å²) in [6.45, 7) is 10.7. The van der Waals surface area contributed by atoms with Crippen LogP contribution in [-0.2, 0) is 4.79 Å². The number of pyridine rings is 1. The van der Waals surface area contributed by atoms with E-state index in [0.717, 1.165) is 21.8 Å². The van der Waals surface area contributed by atoms with Crippen LogP contribution in [0.5, 0.6) is 11.6 Å². The summed E-state index contributed by atoms with van der Waals surface area (Å²) in [7, 11) is 0. The Balaban J connectivity index is 2.09. The zero-order chi connectivity index (χ0) is 21.1. The van der Waals surface area contributed by atoms with Crippen molar-refractivity contribution in [1.82, 2.24) is 9.88 Å². The van der Waals surface area contributed by atoms with Crippen LogP contribution in [0.15, 0.2) is 36.5 Å². The molecular weight excluding hydrogens is 358 g/mol. The van der Waals surface area contributed by atoms with Gasteiger partial charge in [0, 0.05) is 11.6 Å². The van der Waals surface area contributed by atoms with Crippen LogP contribution < -0.4 is 10.1 Å². The van der Waals surface area contributed by atoms with Gasteiger partial charge in [0.2, 0.25) is 11.8 Å². The van der Waals surface area contributed by atoms with Gasteiger partial charge in [0.05, 0.1) is 11.9 Å². The monoisotopic (exact) mass is 385 g/mol. The van der Waals surface area contributed by atoms with Crippen molar-refractivity contribution in [3.8, 4) is 11.6 Å². The smallest absolute Gasteiger partial charge is 0.408 e. The van der Waals surface area contributed by atoms with Crippen molar-refractivity contribution < 1.29 is 19.4 Å². The van der Waals surface area contributed by atoms with E-state index in [1.165, 1.54) is 6.20 Å². The molecule has 0 fully saturated rings. The number of nitrogens with zero attached hydrogens (tertiary/aromatic N) is 2. The first kappa shape index (κ1) is 21.2. The van der Waals surface area contributed by atoms with Gasteiger partial charge in [-0.3, -0.25) is 9.69 Å². The fourth-order valence-electron chi connectivity index (χ4n) is 2.98. The second-order valence-electron chi connectivity index (χ2n) is 7.70. The first-order chi connectivity index (χ1) is 13.0. The number of benzene rings is 1. The van der Waals surface area contributed by atoms with Crippen LogP contribution in [0.4, 0.5) is 10.5 Å². The molecule has 1 aromatic carbocycles. The van der Waals surface area contributed by atoms with E-state index in [1.54, 1.807) is 39.8 Å². The molecule has 2 N–H and O–H groups in total. The molecule has 150 valence electrons. The average Bonchev–Trinajstić information content (AvgIpc) is 2.58. The zero-order valence-corrected chi connectivity index (χ0v) is 17.1. The maximum Gasteiger partial charge on any atom is 0.408 e. The van der Waals surface area contributed by atoms with Gasteiger partial charge in [0.15, 0.2) is 0 Å². The van der Waals surface area contributed by atoms with Crippen LogP contribution in [0.3, 0.4) is 0 Å². The summed E-state index contributed by atoms with van der Waals surface area (Å²) in [5.41, 5.74) is 1.77. The highest BCUT2D eigenvalue weighted by Crippen LogP contribution is 2.27. The fourth-order valence-corrected chi connectivity index (χ4v) is 2.98. The molecule has 0 bridgehead atoms. The van der Waals surface area contributed by atoms with Crippen LogP contribution in [0.2, 0.25) is 0 Å². The Morgan fingerprint density at radius 2 is 1.75 bits per heavy atom. The lowest BCUT2D eigenvalue weighted by Crippen LogP contribution is -2.54. The van der Waals surface area contributed by atoms with Gasteiger partial charge in [0.25, 0.3) is 0 Å². The average molecular weight is 385 g/mol. The van der Waals surface area contributed by atoms with Gasteiger partial charge >= 0.3 is 6.09 Å². The lowest BCUT2D eigenvalue weighted by atomic mass is 10.0. The summed E-state index contributed by atoms with van der Waals surface area (Å²) in [6.07, 6.45) is 0.334. The number of hydrogen-bond acceptors (Lipinski definition) is 4. The molecule has 0 aliphatic rings. The largest absolute Gasteiger partial charge is 0.465 e. The Bertz CT molecular complexity index is 837. The summed E-state index contributed by atoms with van der Waals surface area (Å²) in [5, 5.41) is 12.1. The first-order valence-corrected chi connectivity index (χ1v) is 9.04. The summed E-state index contributed by atoms with van der Waals surface area (Å²) in [4.78, 5) is 29.4. The Morgan fingerprint density at radius 1 is 1.14 bits per heavy atom. The molecular formula is C21H27N3O4. The van der Waals surface area contributed by atoms with Gasteiger partial charge in [-0.25, -0.2) is 9.78 Å². The Labute approximate surface area is 165 Å². The number of hydrogen-bond donors (Lipinski definition) is 2. The van der Waals surface area contributed by atoms with Crippen LogP contribution in [0.25, 0.3) is 0 Å². The molecule has 1 heterocycles. The van der Waals surface area contributed by atoms with Crippen molar-refractivity contribution in [3.63, 3.8) is 0 Å². The van der Waals surface area contributed by atoms with E-state index >= 15 is 0 Å². The molecule has 2 rings (SSSR count). The molecule has 0 aliphatic heterocycles. The fraction of sp³-hybridized carbons (Fsp3) is 0.381. The van der Waals surface area contributed by atoms with E-state index in [9.17, 15) is 14.7 Å². The minimum absolute atomic E-state index is 0.408. The minimum Gasteiger partial charge on any atom is -0.465 e. The molecule has 1 aromatic heterocycles. The molecule has 7 nitrogen and oxygen atoms in total. The van der Waals surface area contributed by atoms with E-state index in [2.05, 4.69) is 10.3 Å². The Kier molecular flexibility index (Phi) is 6.28. The number of carbonyl (C=O) groups excluding carboxylic acids is 1. The Morgan fingerprint density at radius 3 is 2.21 bits per heavy atom. The van der Waals surface area contributed by atoms with Gasteiger partial charge in [-0.1, -0.05) is 18.2 Å². The summed E-state index contributed by atoms with van der Waals surface area (Å²) < 4.78 is 5.85. The standard InChI is InChI=1S/C21H27N3O4/c1-13-8-7-9-14(2)18(13)28-17-11-10-16(12-22-17)23-19(25)15(3)24(20(26)27)21(4,5)6/h7-12,15H,1-6H3,(H,23,25)(H,26,27). The zero-order valence-electron chi connectivity index (χ0n) is 17.1. The molecule has 2 aromatic rings. The van der Waals surface area contributed by atoms with Gasteiger partial charge in [-0.2, -0.15) is 0 Å². The molecule has 0 saturated carbocycles. The van der Waals surface area contributed by atoms with Crippen LogP contribution in [-0.4, -0.2) is 38.6 Å². The normalized spacial score (nSPS) is 12.2. The lowest BCUT2D eigenvalue weighted by molar-refractivity contribution is -0.121. The topological polar surface area (TPSA) is 91.8 Å². The van der Waals surface area contributed by atoms with Gasteiger partial charge < -0.3 is 15.2 Å². The number of aryl methyl sites for hydroxylation is 2. The number of carbonyl (C=O) groups is 2. The first-order valence-electron chi connectivity index (χ1n) is 9.04. The van der Waals surface area contributed by atoms with Gasteiger partial charge in [-0.05, 0) is 58.7 Å². The number of nitrogens with one attached hydrogen (secondary N) is 1. The van der Waals surface area contributed by atoms with E-state index in [1.807, 2.05) is 32.0 Å². The van der Waals surface area contributed by atoms with Crippen molar-refractivity contribution in [3.05, 3.63) is 47.7 Å². The van der Waals surface area contributed by atoms with Crippen LogP contribution in [0, 0.1) is 13.8 Å². The van der Waals surface area contributed by atoms with E-state index in [0.29, 0.717) is 11.6 Å². The van der Waals surface area contributed by atoms with E-state index in [4.69, 9.17) is 4.74 Å². The van der Waals surface area contributed by atoms with Gasteiger partial charge in [0.1, 0.15) is 11.8 Å². The second-order valence-corrected chi connectivity index (χ2v) is 7.70. The van der Waals surface area contributed by atoms with Crippen LogP contribution in [0.1, 0.15) is 38.8 Å². The van der Waals surface area contributed by atoms with Crippen molar-refractivity contribution in [2.45, 2.75) is 53.1 Å². The molecule has 0 aliphatic carbocycles. The number of ether oxygens (including phenoxy) is 1. The maximum atomic E-state index is 12.5. The predicted octanol–water partition coefficient (Wildman–Crippen LogP) is 4.60. The van der Waals surface area contributed by atoms with E-state index < -0.39 is 23.6 Å². The number of para-hydroxylation sites is 1. The van der Waals surface area contributed by atoms with Crippen molar-refractivity contribution >= 4 is 17.7 Å².